The maximum absolute atomic E-state index is 4.33. The molecule has 0 amide bonds. The number of aryl methyl sites for hydroxylation is 3. The van der Waals surface area contributed by atoms with Gasteiger partial charge < -0.3 is 4.90 Å². The number of hydrogen-bond donors (Lipinski definition) is 0. The molecule has 3 heteroatoms. The van der Waals surface area contributed by atoms with Crippen LogP contribution in [0.1, 0.15) is 84.7 Å². The summed E-state index contributed by atoms with van der Waals surface area (Å²) in [5.41, 5.74) is 11.2. The van der Waals surface area contributed by atoms with Gasteiger partial charge in [0.1, 0.15) is 0 Å². The number of nitrogens with zero attached hydrogens (tertiary/aromatic N) is 3. The summed E-state index contributed by atoms with van der Waals surface area (Å²) in [6.45, 7) is 13.9. The topological polar surface area (TPSA) is 28.0 Å². The number of unbranched alkanes of at least 4 members (excludes halogenated alkanes) is 1. The Morgan fingerprint density at radius 2 is 1.88 bits per heavy atom. The van der Waals surface area contributed by atoms with Crippen LogP contribution in [0.4, 0.5) is 0 Å². The number of fused-ring (bicyclic) bond motifs is 1. The molecule has 34 heavy (non-hydrogen) atoms. The lowest BCUT2D eigenvalue weighted by Gasteiger charge is -2.32. The van der Waals surface area contributed by atoms with Crippen LogP contribution >= 0.6 is 0 Å². The molecule has 4 rings (SSSR count). The molecule has 0 N–H and O–H groups in total. The molecular formula is C31H41N3. The van der Waals surface area contributed by atoms with E-state index in [1.54, 1.807) is 5.56 Å². The van der Waals surface area contributed by atoms with Crippen LogP contribution in [0, 0.1) is 13.8 Å². The van der Waals surface area contributed by atoms with E-state index in [2.05, 4.69) is 85.1 Å². The van der Waals surface area contributed by atoms with Crippen molar-refractivity contribution in [2.45, 2.75) is 78.1 Å². The summed E-state index contributed by atoms with van der Waals surface area (Å²) in [4.78, 5) is 2.68. The van der Waals surface area contributed by atoms with Crippen molar-refractivity contribution in [3.63, 3.8) is 0 Å². The van der Waals surface area contributed by atoms with Crippen molar-refractivity contribution >= 4 is 18.5 Å². The van der Waals surface area contributed by atoms with Crippen LogP contribution in [0.3, 0.4) is 0 Å². The molecule has 0 radical (unpaired) electrons. The fourth-order valence-corrected chi connectivity index (χ4v) is 5.60. The zero-order valence-electron chi connectivity index (χ0n) is 21.4. The number of rotatable bonds is 10. The lowest BCUT2D eigenvalue weighted by Crippen LogP contribution is -2.33. The van der Waals surface area contributed by atoms with Crippen LogP contribution in [0.5, 0.6) is 0 Å². The Balaban J connectivity index is 1.26. The lowest BCUT2D eigenvalue weighted by atomic mass is 9.88. The van der Waals surface area contributed by atoms with E-state index >= 15 is 0 Å². The van der Waals surface area contributed by atoms with Crippen molar-refractivity contribution in [3.8, 4) is 0 Å². The van der Waals surface area contributed by atoms with Crippen LogP contribution in [-0.4, -0.2) is 37.0 Å². The van der Waals surface area contributed by atoms with Gasteiger partial charge in [0.15, 0.2) is 0 Å². The number of hydrogen-bond acceptors (Lipinski definition) is 3. The second-order valence-corrected chi connectivity index (χ2v) is 10.2. The number of allylic oxidation sites excluding steroid dienone is 1. The summed E-state index contributed by atoms with van der Waals surface area (Å²) < 4.78 is 0. The van der Waals surface area contributed by atoms with E-state index in [4.69, 9.17) is 0 Å². The van der Waals surface area contributed by atoms with Gasteiger partial charge in [-0.3, -0.25) is 0 Å². The molecule has 1 aliphatic carbocycles. The maximum atomic E-state index is 4.33. The van der Waals surface area contributed by atoms with Crippen molar-refractivity contribution in [1.82, 2.24) is 4.90 Å². The van der Waals surface area contributed by atoms with E-state index in [0.717, 1.165) is 37.3 Å². The average molecular weight is 456 g/mol. The predicted molar refractivity (Wildman–Crippen MR) is 147 cm³/mol. The third-order valence-corrected chi connectivity index (χ3v) is 7.80. The fourth-order valence-electron chi connectivity index (χ4n) is 5.60. The second-order valence-electron chi connectivity index (χ2n) is 10.2. The van der Waals surface area contributed by atoms with E-state index in [-0.39, 0.29) is 0 Å². The molecule has 0 atom stereocenters. The molecule has 0 unspecified atom stereocenters. The van der Waals surface area contributed by atoms with Gasteiger partial charge in [0.25, 0.3) is 0 Å². The fraction of sp³-hybridized carbons (Fsp3) is 0.484. The van der Waals surface area contributed by atoms with Crippen molar-refractivity contribution in [3.05, 3.63) is 75.4 Å². The minimum Gasteiger partial charge on any atom is -0.303 e. The second kappa shape index (κ2) is 11.8. The van der Waals surface area contributed by atoms with Gasteiger partial charge in [-0.05, 0) is 129 Å². The predicted octanol–water partition coefficient (Wildman–Crippen LogP) is 7.30. The van der Waals surface area contributed by atoms with Crippen LogP contribution < -0.4 is 0 Å². The minimum absolute atomic E-state index is 0.737. The van der Waals surface area contributed by atoms with Crippen molar-refractivity contribution in [2.24, 2.45) is 10.2 Å². The van der Waals surface area contributed by atoms with E-state index in [1.807, 2.05) is 0 Å². The van der Waals surface area contributed by atoms with Gasteiger partial charge >= 0.3 is 0 Å². The Bertz CT molecular complexity index is 1050. The van der Waals surface area contributed by atoms with Crippen LogP contribution in [-0.2, 0) is 12.8 Å². The van der Waals surface area contributed by atoms with Gasteiger partial charge in [-0.2, -0.15) is 10.2 Å². The van der Waals surface area contributed by atoms with E-state index in [9.17, 15) is 0 Å². The highest BCUT2D eigenvalue weighted by Gasteiger charge is 2.21. The molecule has 2 aliphatic rings. The first-order valence-electron chi connectivity index (χ1n) is 13.2. The monoisotopic (exact) mass is 455 g/mol. The Kier molecular flexibility index (Phi) is 8.50. The molecule has 0 aromatic heterocycles. The quantitative estimate of drug-likeness (QED) is 0.210. The first kappa shape index (κ1) is 24.6. The molecule has 0 spiro atoms. The van der Waals surface area contributed by atoms with Gasteiger partial charge in [0, 0.05) is 6.72 Å². The summed E-state index contributed by atoms with van der Waals surface area (Å²) in [6.07, 6.45) is 11.7. The highest BCUT2D eigenvalue weighted by Crippen LogP contribution is 2.31. The molecule has 1 heterocycles. The zero-order valence-corrected chi connectivity index (χ0v) is 21.4. The third kappa shape index (κ3) is 5.93. The summed E-state index contributed by atoms with van der Waals surface area (Å²) in [6, 6.07) is 13.9. The molecule has 0 bridgehead atoms. The van der Waals surface area contributed by atoms with Crippen molar-refractivity contribution in [2.75, 3.05) is 19.6 Å². The Labute approximate surface area is 206 Å². The van der Waals surface area contributed by atoms with Crippen LogP contribution in [0.25, 0.3) is 6.08 Å². The van der Waals surface area contributed by atoms with Crippen molar-refractivity contribution in [1.29, 1.82) is 0 Å². The van der Waals surface area contributed by atoms with Gasteiger partial charge in [-0.1, -0.05) is 49.7 Å². The highest BCUT2D eigenvalue weighted by molar-refractivity contribution is 6.05. The number of likely N-dealkylation sites (tertiary alicyclic amines) is 1. The molecule has 0 saturated carbocycles. The van der Waals surface area contributed by atoms with Gasteiger partial charge in [0.2, 0.25) is 0 Å². The maximum Gasteiger partial charge on any atom is 0.0665 e. The molecule has 1 aliphatic heterocycles. The lowest BCUT2D eigenvalue weighted by molar-refractivity contribution is 0.209. The van der Waals surface area contributed by atoms with Crippen LogP contribution in [0.2, 0.25) is 0 Å². The number of piperidine rings is 1. The smallest absolute Gasteiger partial charge is 0.0665 e. The average Bonchev–Trinajstić information content (AvgIpc) is 3.29. The Morgan fingerprint density at radius 1 is 1.06 bits per heavy atom. The minimum atomic E-state index is 0.737. The number of benzene rings is 2. The standard InChI is InChI=1S/C31H41N3/c1-5-9-31(33-32-4)29-21-28-12-8-11-26(30(28)22-29)10-6-7-17-34-18-15-25(16-19-34)27-14-13-23(2)24(3)20-27/h8,11-14,20,22,25H,4-7,9-10,15-19,21H2,1-3H3/b33-31+. The van der Waals surface area contributed by atoms with E-state index < -0.39 is 0 Å². The normalized spacial score (nSPS) is 17.0. The highest BCUT2D eigenvalue weighted by atomic mass is 15.2. The largest absolute Gasteiger partial charge is 0.303 e. The van der Waals surface area contributed by atoms with E-state index in [1.165, 1.54) is 78.7 Å². The summed E-state index contributed by atoms with van der Waals surface area (Å²) in [5.74, 6) is 0.737. The molecule has 2 aromatic rings. The molecule has 180 valence electrons. The molecular weight excluding hydrogens is 414 g/mol. The first-order valence-corrected chi connectivity index (χ1v) is 13.2. The zero-order chi connectivity index (χ0) is 23.9. The van der Waals surface area contributed by atoms with Crippen molar-refractivity contribution < 1.29 is 0 Å². The SMILES string of the molecule is C=N/N=C(\CCC)C1=Cc2c(CCCCN3CCC(c4ccc(C)c(C)c4)CC3)cccc2C1. The van der Waals surface area contributed by atoms with Crippen LogP contribution in [0.15, 0.2) is 52.2 Å². The Morgan fingerprint density at radius 3 is 2.62 bits per heavy atom. The van der Waals surface area contributed by atoms with Gasteiger partial charge in [0.05, 0.1) is 5.71 Å². The molecule has 3 nitrogen and oxygen atoms in total. The first-order chi connectivity index (χ1) is 16.6. The Hall–Kier alpha value is -2.52. The summed E-state index contributed by atoms with van der Waals surface area (Å²) in [7, 11) is 0. The van der Waals surface area contributed by atoms with E-state index in [0.29, 0.717) is 0 Å². The molecule has 1 fully saturated rings. The van der Waals surface area contributed by atoms with Gasteiger partial charge in [-0.15, -0.1) is 0 Å². The summed E-state index contributed by atoms with van der Waals surface area (Å²) >= 11 is 0. The molecule has 1 saturated heterocycles. The third-order valence-electron chi connectivity index (χ3n) is 7.80. The molecule has 2 aromatic carbocycles. The van der Waals surface area contributed by atoms with Gasteiger partial charge in [-0.25, -0.2) is 0 Å². The summed E-state index contributed by atoms with van der Waals surface area (Å²) in [5, 5.41) is 8.14.